The second kappa shape index (κ2) is 7.33. The highest BCUT2D eigenvalue weighted by Crippen LogP contribution is 2.28. The second-order valence-corrected chi connectivity index (χ2v) is 8.00. The topological polar surface area (TPSA) is 153 Å². The first-order valence-electron chi connectivity index (χ1n) is 10.3. The third-order valence-corrected chi connectivity index (χ3v) is 5.90. The number of nitrogens with two attached hydrogens (primary N) is 1. The lowest BCUT2D eigenvalue weighted by atomic mass is 9.98. The first-order chi connectivity index (χ1) is 15.8. The van der Waals surface area contributed by atoms with Crippen LogP contribution in [0.4, 0.5) is 0 Å². The molecule has 2 amide bonds. The molecule has 0 bridgehead atoms. The van der Waals surface area contributed by atoms with Crippen molar-refractivity contribution < 1.29 is 9.59 Å². The van der Waals surface area contributed by atoms with Gasteiger partial charge in [0, 0.05) is 18.5 Å². The Bertz CT molecular complexity index is 1550. The number of rotatable bonds is 4. The molecule has 1 saturated heterocycles. The van der Waals surface area contributed by atoms with Crippen LogP contribution in [0.5, 0.6) is 0 Å². The van der Waals surface area contributed by atoms with Gasteiger partial charge in [-0.15, -0.1) is 0 Å². The van der Waals surface area contributed by atoms with Crippen molar-refractivity contribution in [3.05, 3.63) is 64.2 Å². The molecule has 1 aliphatic heterocycles. The van der Waals surface area contributed by atoms with Gasteiger partial charge < -0.3 is 10.6 Å². The van der Waals surface area contributed by atoms with E-state index in [9.17, 15) is 14.4 Å². The molecule has 0 unspecified atom stereocenters. The lowest BCUT2D eigenvalue weighted by Gasteiger charge is -2.37. The summed E-state index contributed by atoms with van der Waals surface area (Å²) in [4.78, 5) is 52.6. The van der Waals surface area contributed by atoms with E-state index in [1.165, 1.54) is 10.6 Å². The quantitative estimate of drug-likeness (QED) is 0.443. The van der Waals surface area contributed by atoms with Crippen molar-refractivity contribution in [2.75, 3.05) is 13.1 Å². The highest BCUT2D eigenvalue weighted by Gasteiger charge is 2.34. The zero-order chi connectivity index (χ0) is 23.4. The van der Waals surface area contributed by atoms with Gasteiger partial charge in [0.25, 0.3) is 11.5 Å². The van der Waals surface area contributed by atoms with Gasteiger partial charge in [0.1, 0.15) is 22.7 Å². The molecule has 1 aliphatic rings. The van der Waals surface area contributed by atoms with Crippen LogP contribution in [0, 0.1) is 13.8 Å². The van der Waals surface area contributed by atoms with Crippen LogP contribution in [0.25, 0.3) is 27.6 Å². The largest absolute Gasteiger partial charge is 0.364 e. The minimum absolute atomic E-state index is 0.0462. The van der Waals surface area contributed by atoms with Crippen molar-refractivity contribution >= 4 is 33.8 Å². The average molecular weight is 444 g/mol. The number of hydrogen-bond donors (Lipinski definition) is 2. The first-order valence-corrected chi connectivity index (χ1v) is 10.3. The van der Waals surface area contributed by atoms with Gasteiger partial charge in [0.05, 0.1) is 23.3 Å². The highest BCUT2D eigenvalue weighted by atomic mass is 16.2. The summed E-state index contributed by atoms with van der Waals surface area (Å²) in [5.41, 5.74) is 7.21. The summed E-state index contributed by atoms with van der Waals surface area (Å²) < 4.78 is 1.43. The number of carbonyl (C=O) groups excluding carboxylic acids is 2. The molecular formula is C22H20N8O3. The molecule has 4 aromatic rings. The predicted molar refractivity (Wildman–Crippen MR) is 120 cm³/mol. The number of nitrogens with zero attached hydrogens (tertiary/aromatic N) is 6. The van der Waals surface area contributed by atoms with Crippen LogP contribution >= 0.6 is 0 Å². The molecule has 11 nitrogen and oxygen atoms in total. The summed E-state index contributed by atoms with van der Waals surface area (Å²) in [6.45, 7) is 7.81. The normalized spacial score (nSPS) is 13.9. The van der Waals surface area contributed by atoms with Gasteiger partial charge in [-0.05, 0) is 31.6 Å². The Morgan fingerprint density at radius 2 is 1.97 bits per heavy atom. The number of fused-ring (bicyclic) bond motifs is 2. The van der Waals surface area contributed by atoms with Gasteiger partial charge in [0.2, 0.25) is 5.91 Å². The number of carbonyl (C=O) groups is 2. The van der Waals surface area contributed by atoms with Crippen LogP contribution in [-0.2, 0) is 4.79 Å². The minimum atomic E-state index is -0.852. The van der Waals surface area contributed by atoms with Crippen LogP contribution in [-0.4, -0.2) is 59.5 Å². The Kier molecular flexibility index (Phi) is 4.55. The third-order valence-electron chi connectivity index (χ3n) is 5.90. The van der Waals surface area contributed by atoms with Crippen molar-refractivity contribution in [2.45, 2.75) is 19.8 Å². The van der Waals surface area contributed by atoms with E-state index in [0.717, 1.165) is 16.5 Å². The maximum absolute atomic E-state index is 13.7. The SMILES string of the molecule is C=CC(=O)N1CC(c2nc(C(N)=O)c3c(=O)n(-c4c(C)ccc5[nH]ncc45)c(C)nc3n2)C1. The van der Waals surface area contributed by atoms with Crippen LogP contribution in [0.1, 0.15) is 33.6 Å². The zero-order valence-corrected chi connectivity index (χ0v) is 18.0. The number of aromatic amines is 1. The summed E-state index contributed by atoms with van der Waals surface area (Å²) in [6.07, 6.45) is 2.87. The Hall–Kier alpha value is -4.41. The number of H-pyrrole nitrogens is 1. The van der Waals surface area contributed by atoms with Crippen molar-refractivity contribution in [1.29, 1.82) is 0 Å². The van der Waals surface area contributed by atoms with Gasteiger partial charge in [0.15, 0.2) is 5.65 Å². The molecule has 3 N–H and O–H groups in total. The number of likely N-dealkylation sites (tertiary alicyclic amines) is 1. The molecule has 1 aromatic carbocycles. The van der Waals surface area contributed by atoms with Crippen LogP contribution in [0.3, 0.4) is 0 Å². The van der Waals surface area contributed by atoms with Gasteiger partial charge in [-0.1, -0.05) is 12.6 Å². The molecule has 4 heterocycles. The van der Waals surface area contributed by atoms with Crippen molar-refractivity contribution in [2.24, 2.45) is 5.73 Å². The Balaban J connectivity index is 1.72. The van der Waals surface area contributed by atoms with Crippen molar-refractivity contribution in [3.8, 4) is 5.69 Å². The first kappa shape index (κ1) is 20.5. The summed E-state index contributed by atoms with van der Waals surface area (Å²) >= 11 is 0. The third kappa shape index (κ3) is 3.08. The Morgan fingerprint density at radius 3 is 2.67 bits per heavy atom. The lowest BCUT2D eigenvalue weighted by molar-refractivity contribution is -0.130. The van der Waals surface area contributed by atoms with Crippen LogP contribution in [0.15, 0.2) is 35.8 Å². The number of nitrogens with one attached hydrogen (secondary N) is 1. The summed E-state index contributed by atoms with van der Waals surface area (Å²) in [6, 6.07) is 3.74. The fourth-order valence-electron chi connectivity index (χ4n) is 4.19. The molecular weight excluding hydrogens is 424 g/mol. The lowest BCUT2D eigenvalue weighted by Crippen LogP contribution is -2.48. The average Bonchev–Trinajstić information content (AvgIpc) is 3.22. The monoisotopic (exact) mass is 444 g/mol. The van der Waals surface area contributed by atoms with Gasteiger partial charge in [-0.2, -0.15) is 5.10 Å². The number of aryl methyl sites for hydroxylation is 2. The standard InChI is InChI=1S/C22H20N8O3/c1-4-15(31)29-8-12(9-29)20-26-17(19(23)32)16-21(27-20)25-11(3)30(22(16)33)18-10(2)5-6-14-13(18)7-24-28-14/h4-7,12H,1,8-9H2,2-3H3,(H2,23,32)(H,24,28). The molecule has 33 heavy (non-hydrogen) atoms. The Labute approximate surface area is 187 Å². The summed E-state index contributed by atoms with van der Waals surface area (Å²) in [5.74, 6) is -0.525. The number of aromatic nitrogens is 6. The molecule has 5 rings (SSSR count). The molecule has 0 spiro atoms. The van der Waals surface area contributed by atoms with E-state index in [-0.39, 0.29) is 28.6 Å². The molecule has 0 atom stereocenters. The van der Waals surface area contributed by atoms with E-state index < -0.39 is 11.5 Å². The maximum atomic E-state index is 13.7. The van der Waals surface area contributed by atoms with E-state index in [4.69, 9.17) is 5.73 Å². The van der Waals surface area contributed by atoms with E-state index in [2.05, 4.69) is 31.7 Å². The van der Waals surface area contributed by atoms with E-state index in [1.807, 2.05) is 19.1 Å². The van der Waals surface area contributed by atoms with Crippen molar-refractivity contribution in [3.63, 3.8) is 0 Å². The molecule has 0 aliphatic carbocycles. The minimum Gasteiger partial charge on any atom is -0.364 e. The van der Waals surface area contributed by atoms with E-state index in [1.54, 1.807) is 18.0 Å². The van der Waals surface area contributed by atoms with E-state index >= 15 is 0 Å². The summed E-state index contributed by atoms with van der Waals surface area (Å²) in [5, 5.41) is 7.66. The van der Waals surface area contributed by atoms with Gasteiger partial charge in [-0.3, -0.25) is 24.0 Å². The summed E-state index contributed by atoms with van der Waals surface area (Å²) in [7, 11) is 0. The van der Waals surface area contributed by atoms with Gasteiger partial charge in [-0.25, -0.2) is 15.0 Å². The van der Waals surface area contributed by atoms with Crippen LogP contribution < -0.4 is 11.3 Å². The van der Waals surface area contributed by atoms with Crippen molar-refractivity contribution in [1.82, 2.24) is 34.6 Å². The number of primary amides is 1. The molecule has 1 fully saturated rings. The Morgan fingerprint density at radius 1 is 1.21 bits per heavy atom. The highest BCUT2D eigenvalue weighted by molar-refractivity contribution is 6.02. The smallest absolute Gasteiger partial charge is 0.270 e. The number of hydrogen-bond acceptors (Lipinski definition) is 7. The fraction of sp³-hybridized carbons (Fsp3) is 0.227. The van der Waals surface area contributed by atoms with E-state index in [0.29, 0.717) is 30.4 Å². The molecule has 0 radical (unpaired) electrons. The molecule has 3 aromatic heterocycles. The predicted octanol–water partition coefficient (Wildman–Crippen LogP) is 0.880. The fourth-order valence-corrected chi connectivity index (χ4v) is 4.19. The van der Waals surface area contributed by atoms with Crippen LogP contribution in [0.2, 0.25) is 0 Å². The molecule has 0 saturated carbocycles. The van der Waals surface area contributed by atoms with Gasteiger partial charge >= 0.3 is 0 Å². The second-order valence-electron chi connectivity index (χ2n) is 8.00. The molecule has 166 valence electrons. The number of benzene rings is 1. The number of amides is 2. The molecule has 11 heteroatoms. The maximum Gasteiger partial charge on any atom is 0.270 e. The zero-order valence-electron chi connectivity index (χ0n) is 18.0.